The molecular formula is C19H25NO3. The predicted octanol–water partition coefficient (Wildman–Crippen LogP) is 3.05. The van der Waals surface area contributed by atoms with E-state index in [0.29, 0.717) is 19.7 Å². The maximum atomic E-state index is 9.27. The van der Waals surface area contributed by atoms with Crippen LogP contribution < -0.4 is 14.8 Å². The first-order chi connectivity index (χ1) is 11.1. The van der Waals surface area contributed by atoms with Crippen molar-refractivity contribution in [3.63, 3.8) is 0 Å². The fourth-order valence-electron chi connectivity index (χ4n) is 2.29. The molecule has 0 spiro atoms. The van der Waals surface area contributed by atoms with Crippen molar-refractivity contribution < 1.29 is 14.6 Å². The van der Waals surface area contributed by atoms with Gasteiger partial charge in [0.1, 0.15) is 6.61 Å². The summed E-state index contributed by atoms with van der Waals surface area (Å²) < 4.78 is 11.3. The van der Waals surface area contributed by atoms with Gasteiger partial charge in [0.15, 0.2) is 11.5 Å². The summed E-state index contributed by atoms with van der Waals surface area (Å²) in [5.41, 5.74) is 3.47. The maximum absolute atomic E-state index is 9.27. The molecule has 2 aromatic carbocycles. The van der Waals surface area contributed by atoms with Crippen LogP contribution in [0, 0.1) is 6.92 Å². The SMILES string of the molecule is COc1cc(CNCC(C)O)ccc1OCc1ccccc1C. The number of hydrogen-bond acceptors (Lipinski definition) is 4. The zero-order chi connectivity index (χ0) is 16.7. The topological polar surface area (TPSA) is 50.7 Å². The molecule has 2 rings (SSSR count). The highest BCUT2D eigenvalue weighted by molar-refractivity contribution is 5.43. The first-order valence-electron chi connectivity index (χ1n) is 7.83. The Morgan fingerprint density at radius 2 is 1.91 bits per heavy atom. The second kappa shape index (κ2) is 8.56. The van der Waals surface area contributed by atoms with Gasteiger partial charge in [-0.05, 0) is 42.7 Å². The number of methoxy groups -OCH3 is 1. The summed E-state index contributed by atoms with van der Waals surface area (Å²) in [4.78, 5) is 0. The molecule has 0 aromatic heterocycles. The van der Waals surface area contributed by atoms with E-state index in [9.17, 15) is 5.11 Å². The summed E-state index contributed by atoms with van der Waals surface area (Å²) in [5, 5.41) is 12.5. The molecule has 2 aromatic rings. The molecule has 0 saturated carbocycles. The minimum atomic E-state index is -0.353. The van der Waals surface area contributed by atoms with E-state index in [4.69, 9.17) is 9.47 Å². The van der Waals surface area contributed by atoms with Crippen LogP contribution in [0.25, 0.3) is 0 Å². The lowest BCUT2D eigenvalue weighted by atomic mass is 10.1. The molecular weight excluding hydrogens is 290 g/mol. The van der Waals surface area contributed by atoms with Crippen molar-refractivity contribution >= 4 is 0 Å². The number of nitrogens with one attached hydrogen (secondary N) is 1. The van der Waals surface area contributed by atoms with E-state index in [0.717, 1.165) is 22.6 Å². The molecule has 2 N–H and O–H groups in total. The molecule has 0 fully saturated rings. The van der Waals surface area contributed by atoms with E-state index in [-0.39, 0.29) is 6.10 Å². The van der Waals surface area contributed by atoms with Crippen LogP contribution in [-0.4, -0.2) is 24.9 Å². The number of ether oxygens (including phenoxy) is 2. The van der Waals surface area contributed by atoms with Gasteiger partial charge < -0.3 is 19.9 Å². The monoisotopic (exact) mass is 315 g/mol. The Labute approximate surface area is 138 Å². The van der Waals surface area contributed by atoms with Gasteiger partial charge in [-0.2, -0.15) is 0 Å². The third-order valence-electron chi connectivity index (χ3n) is 3.64. The van der Waals surface area contributed by atoms with Crippen molar-refractivity contribution in [3.05, 3.63) is 59.2 Å². The van der Waals surface area contributed by atoms with Gasteiger partial charge in [-0.25, -0.2) is 0 Å². The third-order valence-corrected chi connectivity index (χ3v) is 3.64. The normalized spacial score (nSPS) is 12.0. The average molecular weight is 315 g/mol. The summed E-state index contributed by atoms with van der Waals surface area (Å²) in [6, 6.07) is 14.1. The second-order valence-electron chi connectivity index (χ2n) is 5.68. The summed E-state index contributed by atoms with van der Waals surface area (Å²) in [5.74, 6) is 1.45. The third kappa shape index (κ3) is 5.27. The lowest BCUT2D eigenvalue weighted by Gasteiger charge is -2.14. The van der Waals surface area contributed by atoms with Gasteiger partial charge in [0.05, 0.1) is 13.2 Å². The van der Waals surface area contributed by atoms with Crippen molar-refractivity contribution in [1.29, 1.82) is 0 Å². The Kier molecular flexibility index (Phi) is 6.44. The molecule has 0 aliphatic rings. The van der Waals surface area contributed by atoms with E-state index in [1.807, 2.05) is 30.3 Å². The van der Waals surface area contributed by atoms with Gasteiger partial charge in [-0.15, -0.1) is 0 Å². The Morgan fingerprint density at radius 3 is 2.61 bits per heavy atom. The molecule has 0 aliphatic carbocycles. The molecule has 0 aliphatic heterocycles. The van der Waals surface area contributed by atoms with Crippen LogP contribution in [0.5, 0.6) is 11.5 Å². The van der Waals surface area contributed by atoms with Crippen molar-refractivity contribution in [2.24, 2.45) is 0 Å². The van der Waals surface area contributed by atoms with Gasteiger partial charge in [-0.3, -0.25) is 0 Å². The van der Waals surface area contributed by atoms with E-state index in [1.165, 1.54) is 5.56 Å². The summed E-state index contributed by atoms with van der Waals surface area (Å²) in [6.07, 6.45) is -0.353. The number of benzene rings is 2. The zero-order valence-corrected chi connectivity index (χ0v) is 14.0. The summed E-state index contributed by atoms with van der Waals surface area (Å²) in [6.45, 7) is 5.60. The summed E-state index contributed by atoms with van der Waals surface area (Å²) >= 11 is 0. The Morgan fingerprint density at radius 1 is 1.13 bits per heavy atom. The number of aliphatic hydroxyl groups is 1. The fourth-order valence-corrected chi connectivity index (χ4v) is 2.29. The molecule has 0 bridgehead atoms. The van der Waals surface area contributed by atoms with E-state index >= 15 is 0 Å². The van der Waals surface area contributed by atoms with E-state index in [1.54, 1.807) is 14.0 Å². The molecule has 4 heteroatoms. The van der Waals surface area contributed by atoms with Gasteiger partial charge in [-0.1, -0.05) is 30.3 Å². The van der Waals surface area contributed by atoms with Crippen LogP contribution in [0.4, 0.5) is 0 Å². The van der Waals surface area contributed by atoms with E-state index < -0.39 is 0 Å². The van der Waals surface area contributed by atoms with Crippen molar-refractivity contribution in [2.45, 2.75) is 33.1 Å². The minimum absolute atomic E-state index is 0.353. The maximum Gasteiger partial charge on any atom is 0.161 e. The second-order valence-corrected chi connectivity index (χ2v) is 5.68. The highest BCUT2D eigenvalue weighted by Gasteiger charge is 2.07. The molecule has 0 saturated heterocycles. The zero-order valence-electron chi connectivity index (χ0n) is 14.0. The minimum Gasteiger partial charge on any atom is -0.493 e. The lowest BCUT2D eigenvalue weighted by Crippen LogP contribution is -2.23. The van der Waals surface area contributed by atoms with Crippen LogP contribution in [0.15, 0.2) is 42.5 Å². The molecule has 0 amide bonds. The largest absolute Gasteiger partial charge is 0.493 e. The Balaban J connectivity index is 2.00. The fraction of sp³-hybridized carbons (Fsp3) is 0.368. The number of aryl methyl sites for hydroxylation is 1. The molecule has 1 unspecified atom stereocenters. The Bertz CT molecular complexity index is 626. The van der Waals surface area contributed by atoms with Gasteiger partial charge in [0.2, 0.25) is 0 Å². The lowest BCUT2D eigenvalue weighted by molar-refractivity contribution is 0.191. The number of hydrogen-bond donors (Lipinski definition) is 2. The van der Waals surface area contributed by atoms with Crippen molar-refractivity contribution in [3.8, 4) is 11.5 Å². The highest BCUT2D eigenvalue weighted by Crippen LogP contribution is 2.29. The van der Waals surface area contributed by atoms with Gasteiger partial charge in [0, 0.05) is 13.1 Å². The molecule has 4 nitrogen and oxygen atoms in total. The van der Waals surface area contributed by atoms with Crippen LogP contribution >= 0.6 is 0 Å². The van der Waals surface area contributed by atoms with Gasteiger partial charge in [0.25, 0.3) is 0 Å². The highest BCUT2D eigenvalue weighted by atomic mass is 16.5. The van der Waals surface area contributed by atoms with Crippen molar-refractivity contribution in [1.82, 2.24) is 5.32 Å². The molecule has 23 heavy (non-hydrogen) atoms. The number of aliphatic hydroxyl groups excluding tert-OH is 1. The summed E-state index contributed by atoms with van der Waals surface area (Å²) in [7, 11) is 1.64. The van der Waals surface area contributed by atoms with E-state index in [2.05, 4.69) is 24.4 Å². The molecule has 0 radical (unpaired) electrons. The molecule has 124 valence electrons. The average Bonchev–Trinajstić information content (AvgIpc) is 2.54. The Hall–Kier alpha value is -2.04. The first kappa shape index (κ1) is 17.3. The molecule has 1 atom stereocenters. The predicted molar refractivity (Wildman–Crippen MR) is 91.9 cm³/mol. The standard InChI is InChI=1S/C19H25NO3/c1-14-6-4-5-7-17(14)13-23-18-9-8-16(10-19(18)22-3)12-20-11-15(2)21/h4-10,15,20-21H,11-13H2,1-3H3. The van der Waals surface area contributed by atoms with Crippen LogP contribution in [-0.2, 0) is 13.2 Å². The van der Waals surface area contributed by atoms with Gasteiger partial charge >= 0.3 is 0 Å². The molecule has 0 heterocycles. The van der Waals surface area contributed by atoms with Crippen LogP contribution in [0.1, 0.15) is 23.6 Å². The van der Waals surface area contributed by atoms with Crippen LogP contribution in [0.3, 0.4) is 0 Å². The quantitative estimate of drug-likeness (QED) is 0.786. The number of rotatable bonds is 8. The van der Waals surface area contributed by atoms with Crippen molar-refractivity contribution in [2.75, 3.05) is 13.7 Å². The van der Waals surface area contributed by atoms with Crippen LogP contribution in [0.2, 0.25) is 0 Å². The smallest absolute Gasteiger partial charge is 0.161 e. The first-order valence-corrected chi connectivity index (χ1v) is 7.83.